The Balaban J connectivity index is 2.28. The predicted octanol–water partition coefficient (Wildman–Crippen LogP) is 4.21. The van der Waals surface area contributed by atoms with Crippen molar-refractivity contribution in [3.05, 3.63) is 59.7 Å². The first-order valence-corrected chi connectivity index (χ1v) is 6.50. The van der Waals surface area contributed by atoms with Gasteiger partial charge in [-0.3, -0.25) is 0 Å². The average molecular weight is 246 g/mol. The molecule has 0 heterocycles. The lowest BCUT2D eigenvalue weighted by atomic mass is 10.0. The highest BCUT2D eigenvalue weighted by Gasteiger charge is 1.97. The maximum atomic E-state index is 4.25. The Hall–Kier alpha value is -0.860. The van der Waals surface area contributed by atoms with Crippen LogP contribution < -0.4 is 0 Å². The molecular weight excluding hydrogens is 232 g/mol. The summed E-state index contributed by atoms with van der Waals surface area (Å²) in [6.45, 7) is 0. The molecule has 2 rings (SSSR count). The lowest BCUT2D eigenvalue weighted by Crippen LogP contribution is -1.82. The van der Waals surface area contributed by atoms with E-state index in [-0.39, 0.29) is 0 Å². The minimum absolute atomic E-state index is 0.791. The van der Waals surface area contributed by atoms with Gasteiger partial charge in [0.05, 0.1) is 0 Å². The molecule has 0 unspecified atom stereocenters. The Morgan fingerprint density at radius 2 is 0.875 bits per heavy atom. The lowest BCUT2D eigenvalue weighted by molar-refractivity contribution is 1.41. The summed E-state index contributed by atoms with van der Waals surface area (Å²) in [5, 5.41) is 0. The zero-order valence-electron chi connectivity index (χ0n) is 8.93. The van der Waals surface area contributed by atoms with Crippen molar-refractivity contribution in [3.63, 3.8) is 0 Å². The van der Waals surface area contributed by atoms with Gasteiger partial charge in [-0.2, -0.15) is 25.3 Å². The molecule has 0 aliphatic heterocycles. The number of rotatable bonds is 3. The summed E-state index contributed by atoms with van der Waals surface area (Å²) in [6, 6.07) is 17.0. The van der Waals surface area contributed by atoms with Gasteiger partial charge in [0.25, 0.3) is 0 Å². The largest absolute Gasteiger partial charge is 0.175 e. The van der Waals surface area contributed by atoms with E-state index in [1.165, 1.54) is 22.3 Å². The topological polar surface area (TPSA) is 0 Å². The molecule has 16 heavy (non-hydrogen) atoms. The van der Waals surface area contributed by atoms with Crippen LogP contribution in [0, 0.1) is 0 Å². The van der Waals surface area contributed by atoms with E-state index in [1.807, 2.05) is 0 Å². The molecule has 0 saturated carbocycles. The predicted molar refractivity (Wildman–Crippen MR) is 77.3 cm³/mol. The second kappa shape index (κ2) is 5.46. The first-order chi connectivity index (χ1) is 7.83. The van der Waals surface area contributed by atoms with E-state index in [1.54, 1.807) is 0 Å². The maximum Gasteiger partial charge on any atom is 0.0154 e. The van der Waals surface area contributed by atoms with E-state index >= 15 is 0 Å². The van der Waals surface area contributed by atoms with Crippen LogP contribution in [0.1, 0.15) is 11.1 Å². The van der Waals surface area contributed by atoms with Gasteiger partial charge in [0.1, 0.15) is 0 Å². The Morgan fingerprint density at radius 1 is 0.562 bits per heavy atom. The van der Waals surface area contributed by atoms with Crippen molar-refractivity contribution >= 4 is 25.3 Å². The van der Waals surface area contributed by atoms with Gasteiger partial charge < -0.3 is 0 Å². The van der Waals surface area contributed by atoms with Gasteiger partial charge in [-0.05, 0) is 22.3 Å². The minimum atomic E-state index is 0.791. The van der Waals surface area contributed by atoms with Crippen LogP contribution in [0.25, 0.3) is 11.1 Å². The normalized spacial score (nSPS) is 10.4. The SMILES string of the molecule is SCc1ccc(-c2ccc(CS)cc2)cc1. The Labute approximate surface area is 108 Å². The van der Waals surface area contributed by atoms with Crippen molar-refractivity contribution in [2.24, 2.45) is 0 Å². The Kier molecular flexibility index (Phi) is 3.97. The monoisotopic (exact) mass is 246 g/mol. The summed E-state index contributed by atoms with van der Waals surface area (Å²) < 4.78 is 0. The molecule has 0 atom stereocenters. The van der Waals surface area contributed by atoms with E-state index in [0.29, 0.717) is 0 Å². The molecule has 0 fully saturated rings. The van der Waals surface area contributed by atoms with Crippen LogP contribution in [0.5, 0.6) is 0 Å². The summed E-state index contributed by atoms with van der Waals surface area (Å²) >= 11 is 8.50. The van der Waals surface area contributed by atoms with Crippen LogP contribution in [0.15, 0.2) is 48.5 Å². The van der Waals surface area contributed by atoms with Crippen LogP contribution >= 0.6 is 25.3 Å². The molecule has 0 amide bonds. The van der Waals surface area contributed by atoms with E-state index in [9.17, 15) is 0 Å². The van der Waals surface area contributed by atoms with Crippen molar-refractivity contribution < 1.29 is 0 Å². The van der Waals surface area contributed by atoms with Crippen molar-refractivity contribution in [2.45, 2.75) is 11.5 Å². The zero-order valence-corrected chi connectivity index (χ0v) is 10.7. The van der Waals surface area contributed by atoms with Crippen molar-refractivity contribution in [3.8, 4) is 11.1 Å². The number of benzene rings is 2. The highest BCUT2D eigenvalue weighted by atomic mass is 32.1. The number of thiol groups is 2. The van der Waals surface area contributed by atoms with Crippen LogP contribution in [0.4, 0.5) is 0 Å². The highest BCUT2D eigenvalue weighted by molar-refractivity contribution is 7.79. The van der Waals surface area contributed by atoms with Gasteiger partial charge in [-0.25, -0.2) is 0 Å². The molecule has 0 N–H and O–H groups in total. The fourth-order valence-corrected chi connectivity index (χ4v) is 2.03. The van der Waals surface area contributed by atoms with E-state index in [4.69, 9.17) is 0 Å². The van der Waals surface area contributed by atoms with E-state index in [0.717, 1.165) is 11.5 Å². The van der Waals surface area contributed by atoms with Crippen LogP contribution in [0.3, 0.4) is 0 Å². The molecule has 0 aliphatic rings. The molecule has 0 nitrogen and oxygen atoms in total. The quantitative estimate of drug-likeness (QED) is 0.745. The van der Waals surface area contributed by atoms with Gasteiger partial charge in [-0.1, -0.05) is 48.5 Å². The fourth-order valence-electron chi connectivity index (χ4n) is 1.61. The second-order valence-electron chi connectivity index (χ2n) is 3.71. The van der Waals surface area contributed by atoms with Gasteiger partial charge in [0.2, 0.25) is 0 Å². The van der Waals surface area contributed by atoms with Gasteiger partial charge in [0, 0.05) is 11.5 Å². The molecule has 2 aromatic rings. The molecule has 82 valence electrons. The van der Waals surface area contributed by atoms with Crippen molar-refractivity contribution in [2.75, 3.05) is 0 Å². The molecule has 0 aliphatic carbocycles. The Bertz CT molecular complexity index is 398. The molecule has 2 aromatic carbocycles. The zero-order chi connectivity index (χ0) is 11.4. The molecule has 0 radical (unpaired) electrons. The first-order valence-electron chi connectivity index (χ1n) is 5.23. The van der Waals surface area contributed by atoms with Crippen molar-refractivity contribution in [1.29, 1.82) is 0 Å². The summed E-state index contributed by atoms with van der Waals surface area (Å²) in [5.74, 6) is 1.58. The average Bonchev–Trinajstić information content (AvgIpc) is 2.39. The van der Waals surface area contributed by atoms with Gasteiger partial charge in [-0.15, -0.1) is 0 Å². The fraction of sp³-hybridized carbons (Fsp3) is 0.143. The molecule has 0 saturated heterocycles. The molecule has 0 bridgehead atoms. The molecular formula is C14H14S2. The summed E-state index contributed by atoms with van der Waals surface area (Å²) in [6.07, 6.45) is 0. The third-order valence-corrected chi connectivity index (χ3v) is 3.34. The first kappa shape index (κ1) is 11.6. The third kappa shape index (κ3) is 2.63. The van der Waals surface area contributed by atoms with Crippen LogP contribution in [-0.2, 0) is 11.5 Å². The standard InChI is InChI=1S/C14H14S2/c15-9-11-1-5-13(6-2-11)14-7-3-12(10-16)4-8-14/h1-8,15-16H,9-10H2. The summed E-state index contributed by atoms with van der Waals surface area (Å²) in [4.78, 5) is 0. The van der Waals surface area contributed by atoms with E-state index in [2.05, 4.69) is 73.8 Å². The third-order valence-electron chi connectivity index (χ3n) is 2.61. The highest BCUT2D eigenvalue weighted by Crippen LogP contribution is 2.21. The van der Waals surface area contributed by atoms with Gasteiger partial charge >= 0.3 is 0 Å². The summed E-state index contributed by atoms with van der Waals surface area (Å²) in [7, 11) is 0. The number of hydrogen-bond acceptors (Lipinski definition) is 2. The van der Waals surface area contributed by atoms with Gasteiger partial charge in [0.15, 0.2) is 0 Å². The van der Waals surface area contributed by atoms with Crippen LogP contribution in [-0.4, -0.2) is 0 Å². The lowest BCUT2D eigenvalue weighted by Gasteiger charge is -2.04. The number of hydrogen-bond donors (Lipinski definition) is 2. The Morgan fingerprint density at radius 3 is 1.12 bits per heavy atom. The minimum Gasteiger partial charge on any atom is -0.175 e. The smallest absolute Gasteiger partial charge is 0.0154 e. The molecule has 0 spiro atoms. The summed E-state index contributed by atoms with van der Waals surface area (Å²) in [5.41, 5.74) is 4.99. The maximum absolute atomic E-state index is 4.25. The van der Waals surface area contributed by atoms with E-state index < -0.39 is 0 Å². The van der Waals surface area contributed by atoms with Crippen molar-refractivity contribution in [1.82, 2.24) is 0 Å². The molecule has 2 heteroatoms. The second-order valence-corrected chi connectivity index (χ2v) is 4.34. The van der Waals surface area contributed by atoms with Crippen LogP contribution in [0.2, 0.25) is 0 Å². The molecule has 0 aromatic heterocycles.